The summed E-state index contributed by atoms with van der Waals surface area (Å²) in [5.41, 5.74) is 1.37. The van der Waals surface area contributed by atoms with E-state index in [-0.39, 0.29) is 5.82 Å². The maximum atomic E-state index is 13.5. The first kappa shape index (κ1) is 12.5. The van der Waals surface area contributed by atoms with Crippen LogP contribution >= 0.6 is 12.2 Å². The fourth-order valence-electron chi connectivity index (χ4n) is 1.51. The molecule has 18 heavy (non-hydrogen) atoms. The average Bonchev–Trinajstić information content (AvgIpc) is 2.79. The van der Waals surface area contributed by atoms with Gasteiger partial charge >= 0.3 is 0 Å². The molecule has 0 saturated heterocycles. The molecule has 0 amide bonds. The van der Waals surface area contributed by atoms with Gasteiger partial charge in [0.15, 0.2) is 5.11 Å². The number of benzene rings is 1. The van der Waals surface area contributed by atoms with Crippen LogP contribution in [0.5, 0.6) is 0 Å². The van der Waals surface area contributed by atoms with E-state index < -0.39 is 0 Å². The number of halogens is 1. The quantitative estimate of drug-likeness (QED) is 0.832. The molecule has 2 N–H and O–H groups in total. The summed E-state index contributed by atoms with van der Waals surface area (Å²) in [6, 6.07) is 6.65. The molecule has 0 aliphatic rings. The van der Waals surface area contributed by atoms with Gasteiger partial charge < -0.3 is 10.6 Å². The molecule has 1 aromatic heterocycles. The number of nitrogens with one attached hydrogen (secondary N) is 2. The summed E-state index contributed by atoms with van der Waals surface area (Å²) in [5, 5.41) is 10.4. The van der Waals surface area contributed by atoms with E-state index >= 15 is 0 Å². The molecular weight excluding hydrogens is 251 g/mol. The molecule has 0 fully saturated rings. The van der Waals surface area contributed by atoms with E-state index in [4.69, 9.17) is 12.2 Å². The maximum absolute atomic E-state index is 13.5. The van der Waals surface area contributed by atoms with Crippen LogP contribution in [0.1, 0.15) is 5.56 Å². The third-order valence-corrected chi connectivity index (χ3v) is 2.71. The van der Waals surface area contributed by atoms with Gasteiger partial charge in [-0.1, -0.05) is 18.2 Å². The highest BCUT2D eigenvalue weighted by Crippen LogP contribution is 2.10. The third-order valence-electron chi connectivity index (χ3n) is 2.41. The van der Waals surface area contributed by atoms with Gasteiger partial charge in [0, 0.05) is 18.8 Å². The Morgan fingerprint density at radius 3 is 2.94 bits per heavy atom. The number of hydrogen-bond acceptors (Lipinski definition) is 2. The van der Waals surface area contributed by atoms with Gasteiger partial charge in [-0.05, 0) is 18.3 Å². The summed E-state index contributed by atoms with van der Waals surface area (Å²) in [5.74, 6) is -0.228. The minimum atomic E-state index is -0.228. The first-order chi connectivity index (χ1) is 8.69. The third kappa shape index (κ3) is 3.04. The predicted molar refractivity (Wildman–Crippen MR) is 73.0 cm³/mol. The standard InChI is InChI=1S/C12H13FN4S/c1-14-12(18)16-10-6-15-17(8-10)7-9-4-2-3-5-11(9)13/h2-6,8H,7H2,1H3,(H2,14,16,18). The number of nitrogens with zero attached hydrogens (tertiary/aromatic N) is 2. The van der Waals surface area contributed by atoms with Crippen LogP contribution in [0.3, 0.4) is 0 Å². The molecule has 0 saturated carbocycles. The van der Waals surface area contributed by atoms with Gasteiger partial charge in [-0.2, -0.15) is 5.10 Å². The van der Waals surface area contributed by atoms with Crippen molar-refractivity contribution >= 4 is 23.0 Å². The smallest absolute Gasteiger partial charge is 0.170 e. The fourth-order valence-corrected chi connectivity index (χ4v) is 1.63. The molecule has 0 unspecified atom stereocenters. The molecule has 6 heteroatoms. The normalized spacial score (nSPS) is 10.1. The van der Waals surface area contributed by atoms with E-state index in [1.807, 2.05) is 0 Å². The number of hydrogen-bond donors (Lipinski definition) is 2. The number of aromatic nitrogens is 2. The van der Waals surface area contributed by atoms with Gasteiger partial charge in [-0.3, -0.25) is 4.68 Å². The molecule has 0 radical (unpaired) electrons. The monoisotopic (exact) mass is 264 g/mol. The molecule has 94 valence electrons. The molecule has 1 heterocycles. The zero-order chi connectivity index (χ0) is 13.0. The van der Waals surface area contributed by atoms with E-state index in [1.54, 1.807) is 42.3 Å². The van der Waals surface area contributed by atoms with Crippen LogP contribution < -0.4 is 10.6 Å². The molecule has 4 nitrogen and oxygen atoms in total. The van der Waals surface area contributed by atoms with Crippen molar-refractivity contribution in [3.8, 4) is 0 Å². The van der Waals surface area contributed by atoms with Crippen LogP contribution in [-0.4, -0.2) is 21.9 Å². The average molecular weight is 264 g/mol. The molecule has 0 atom stereocenters. The molecule has 0 aliphatic heterocycles. The Labute approximate surface area is 110 Å². The summed E-state index contributed by atoms with van der Waals surface area (Å²) < 4.78 is 15.1. The van der Waals surface area contributed by atoms with Crippen molar-refractivity contribution < 1.29 is 4.39 Å². The van der Waals surface area contributed by atoms with E-state index in [2.05, 4.69) is 15.7 Å². The zero-order valence-corrected chi connectivity index (χ0v) is 10.7. The van der Waals surface area contributed by atoms with Crippen molar-refractivity contribution in [3.05, 3.63) is 48.0 Å². The van der Waals surface area contributed by atoms with Crippen molar-refractivity contribution in [1.82, 2.24) is 15.1 Å². The van der Waals surface area contributed by atoms with Crippen LogP contribution in [0.25, 0.3) is 0 Å². The van der Waals surface area contributed by atoms with E-state index in [1.165, 1.54) is 6.07 Å². The number of thiocarbonyl (C=S) groups is 1. The topological polar surface area (TPSA) is 41.9 Å². The summed E-state index contributed by atoms with van der Waals surface area (Å²) in [6.07, 6.45) is 3.42. The molecule has 0 aliphatic carbocycles. The van der Waals surface area contributed by atoms with Crippen LogP contribution in [0.2, 0.25) is 0 Å². The first-order valence-corrected chi connectivity index (χ1v) is 5.84. The Morgan fingerprint density at radius 2 is 2.22 bits per heavy atom. The van der Waals surface area contributed by atoms with E-state index in [0.29, 0.717) is 17.2 Å². The van der Waals surface area contributed by atoms with Gasteiger partial charge in [0.25, 0.3) is 0 Å². The summed E-state index contributed by atoms with van der Waals surface area (Å²) in [6.45, 7) is 0.390. The number of rotatable bonds is 3. The van der Waals surface area contributed by atoms with Crippen LogP contribution in [-0.2, 0) is 6.54 Å². The van der Waals surface area contributed by atoms with Crippen LogP contribution in [0.4, 0.5) is 10.1 Å². The van der Waals surface area contributed by atoms with Crippen LogP contribution in [0, 0.1) is 5.82 Å². The molecule has 2 aromatic rings. The van der Waals surface area contributed by atoms with E-state index in [0.717, 1.165) is 5.69 Å². The largest absolute Gasteiger partial charge is 0.366 e. The van der Waals surface area contributed by atoms with Gasteiger partial charge in [0.1, 0.15) is 5.82 Å². The second-order valence-corrected chi connectivity index (χ2v) is 4.13. The highest BCUT2D eigenvalue weighted by Gasteiger charge is 2.04. The van der Waals surface area contributed by atoms with Crippen molar-refractivity contribution in [2.24, 2.45) is 0 Å². The molecular formula is C12H13FN4S. The first-order valence-electron chi connectivity index (χ1n) is 5.43. The minimum absolute atomic E-state index is 0.228. The lowest BCUT2D eigenvalue weighted by molar-refractivity contribution is 0.585. The van der Waals surface area contributed by atoms with Gasteiger partial charge in [0.05, 0.1) is 18.4 Å². The predicted octanol–water partition coefficient (Wildman–Crippen LogP) is 1.99. The Bertz CT molecular complexity index is 553. The number of anilines is 1. The Kier molecular flexibility index (Phi) is 3.88. The highest BCUT2D eigenvalue weighted by molar-refractivity contribution is 7.80. The lowest BCUT2D eigenvalue weighted by Gasteiger charge is -2.04. The molecule has 0 bridgehead atoms. The van der Waals surface area contributed by atoms with Crippen LogP contribution in [0.15, 0.2) is 36.7 Å². The molecule has 2 rings (SSSR count). The minimum Gasteiger partial charge on any atom is -0.366 e. The lowest BCUT2D eigenvalue weighted by atomic mass is 10.2. The van der Waals surface area contributed by atoms with Gasteiger partial charge in [0.2, 0.25) is 0 Å². The Balaban J connectivity index is 2.07. The highest BCUT2D eigenvalue weighted by atomic mass is 32.1. The molecule has 0 spiro atoms. The second-order valence-electron chi connectivity index (χ2n) is 3.72. The summed E-state index contributed by atoms with van der Waals surface area (Å²) >= 11 is 4.98. The Hall–Kier alpha value is -1.95. The van der Waals surface area contributed by atoms with Crippen molar-refractivity contribution in [1.29, 1.82) is 0 Å². The van der Waals surface area contributed by atoms with Crippen molar-refractivity contribution in [3.63, 3.8) is 0 Å². The van der Waals surface area contributed by atoms with Crippen molar-refractivity contribution in [2.75, 3.05) is 12.4 Å². The molecule has 1 aromatic carbocycles. The van der Waals surface area contributed by atoms with E-state index in [9.17, 15) is 4.39 Å². The zero-order valence-electron chi connectivity index (χ0n) is 9.85. The SMILES string of the molecule is CNC(=S)Nc1cnn(Cc2ccccc2F)c1. The summed E-state index contributed by atoms with van der Waals surface area (Å²) in [4.78, 5) is 0. The van der Waals surface area contributed by atoms with Gasteiger partial charge in [-0.15, -0.1) is 0 Å². The second kappa shape index (κ2) is 5.59. The fraction of sp³-hybridized carbons (Fsp3) is 0.167. The Morgan fingerprint density at radius 1 is 1.44 bits per heavy atom. The van der Waals surface area contributed by atoms with Crippen molar-refractivity contribution in [2.45, 2.75) is 6.54 Å². The lowest BCUT2D eigenvalue weighted by Crippen LogP contribution is -2.23. The summed E-state index contributed by atoms with van der Waals surface area (Å²) in [7, 11) is 1.74. The maximum Gasteiger partial charge on any atom is 0.170 e. The van der Waals surface area contributed by atoms with Gasteiger partial charge in [-0.25, -0.2) is 4.39 Å².